The lowest BCUT2D eigenvalue weighted by atomic mass is 9.99. The molecular weight excluding hydrogens is 290 g/mol. The van der Waals surface area contributed by atoms with Crippen LogP contribution in [0, 0.1) is 5.92 Å². The summed E-state index contributed by atoms with van der Waals surface area (Å²) in [5.41, 5.74) is 7.58. The lowest BCUT2D eigenvalue weighted by Gasteiger charge is -2.29. The standard InChI is InChI=1S/C17H21N5O/c1-22-6-2-3-11(9-22)10-23-14-4-5-19-17-16(14)12-7-15(18)20-8-13(12)21-17/h4-5,7-8,11H,2-3,6,9-10H2,1H3,(H2,18,20)(H,19,21)/t11-/m1/s1. The average molecular weight is 311 g/mol. The molecule has 0 radical (unpaired) electrons. The summed E-state index contributed by atoms with van der Waals surface area (Å²) in [6.45, 7) is 3.01. The quantitative estimate of drug-likeness (QED) is 0.776. The Morgan fingerprint density at radius 3 is 3.22 bits per heavy atom. The lowest BCUT2D eigenvalue weighted by molar-refractivity contribution is 0.151. The summed E-state index contributed by atoms with van der Waals surface area (Å²) in [4.78, 5) is 14.2. The highest BCUT2D eigenvalue weighted by molar-refractivity contribution is 6.09. The van der Waals surface area contributed by atoms with Gasteiger partial charge in [0, 0.05) is 24.0 Å². The van der Waals surface area contributed by atoms with Gasteiger partial charge in [0.15, 0.2) is 0 Å². The highest BCUT2D eigenvalue weighted by Gasteiger charge is 2.19. The van der Waals surface area contributed by atoms with E-state index in [4.69, 9.17) is 10.5 Å². The number of fused-ring (bicyclic) bond motifs is 3. The third kappa shape index (κ3) is 2.70. The van der Waals surface area contributed by atoms with Gasteiger partial charge in [-0.05, 0) is 38.6 Å². The third-order valence-corrected chi connectivity index (χ3v) is 4.56. The molecule has 3 N–H and O–H groups in total. The van der Waals surface area contributed by atoms with Crippen LogP contribution < -0.4 is 10.5 Å². The second-order valence-electron chi connectivity index (χ2n) is 6.39. The fraction of sp³-hybridized carbons (Fsp3) is 0.412. The summed E-state index contributed by atoms with van der Waals surface area (Å²) in [5.74, 6) is 1.94. The van der Waals surface area contributed by atoms with E-state index in [1.54, 1.807) is 12.4 Å². The van der Waals surface area contributed by atoms with E-state index in [-0.39, 0.29) is 0 Å². The van der Waals surface area contributed by atoms with Gasteiger partial charge in [0.1, 0.15) is 17.2 Å². The summed E-state index contributed by atoms with van der Waals surface area (Å²) in [5, 5.41) is 2.00. The lowest BCUT2D eigenvalue weighted by Crippen LogP contribution is -2.34. The van der Waals surface area contributed by atoms with Crippen LogP contribution in [0.1, 0.15) is 12.8 Å². The molecule has 3 aromatic rings. The molecule has 4 heterocycles. The van der Waals surface area contributed by atoms with Crippen molar-refractivity contribution in [1.82, 2.24) is 19.9 Å². The number of piperidine rings is 1. The Labute approximate surface area is 134 Å². The molecule has 6 nitrogen and oxygen atoms in total. The van der Waals surface area contributed by atoms with Crippen LogP contribution in [0.4, 0.5) is 5.82 Å². The van der Waals surface area contributed by atoms with Crippen molar-refractivity contribution in [1.29, 1.82) is 0 Å². The maximum Gasteiger partial charge on any atom is 0.142 e. The Hall–Kier alpha value is -2.34. The van der Waals surface area contributed by atoms with Crippen LogP contribution in [0.3, 0.4) is 0 Å². The molecule has 120 valence electrons. The van der Waals surface area contributed by atoms with Crippen LogP contribution in [-0.2, 0) is 0 Å². The van der Waals surface area contributed by atoms with Gasteiger partial charge < -0.3 is 20.4 Å². The molecule has 1 aliphatic heterocycles. The Morgan fingerprint density at radius 2 is 2.35 bits per heavy atom. The molecule has 3 aromatic heterocycles. The van der Waals surface area contributed by atoms with Crippen LogP contribution in [0.15, 0.2) is 24.5 Å². The summed E-state index contributed by atoms with van der Waals surface area (Å²) >= 11 is 0. The SMILES string of the molecule is CN1CCC[C@@H](COc2ccnc3[nH]c4cnc(N)cc4c23)C1. The van der Waals surface area contributed by atoms with E-state index >= 15 is 0 Å². The van der Waals surface area contributed by atoms with Crippen molar-refractivity contribution in [3.63, 3.8) is 0 Å². The second-order valence-corrected chi connectivity index (χ2v) is 6.39. The average Bonchev–Trinajstić information content (AvgIpc) is 2.91. The minimum atomic E-state index is 0.502. The van der Waals surface area contributed by atoms with Gasteiger partial charge in [0.25, 0.3) is 0 Å². The molecule has 0 bridgehead atoms. The number of likely N-dealkylation sites (tertiary alicyclic amines) is 1. The van der Waals surface area contributed by atoms with Gasteiger partial charge in [0.2, 0.25) is 0 Å². The zero-order chi connectivity index (χ0) is 15.8. The Balaban J connectivity index is 1.66. The van der Waals surface area contributed by atoms with Crippen molar-refractivity contribution in [3.05, 3.63) is 24.5 Å². The molecule has 1 atom stereocenters. The van der Waals surface area contributed by atoms with Crippen LogP contribution in [0.25, 0.3) is 21.9 Å². The first-order valence-corrected chi connectivity index (χ1v) is 8.04. The number of pyridine rings is 2. The molecule has 4 rings (SSSR count). The number of nitrogens with zero attached hydrogens (tertiary/aromatic N) is 3. The number of aromatic nitrogens is 3. The molecule has 0 spiro atoms. The monoisotopic (exact) mass is 311 g/mol. The largest absolute Gasteiger partial charge is 0.492 e. The second kappa shape index (κ2) is 5.70. The molecule has 0 unspecified atom stereocenters. The fourth-order valence-electron chi connectivity index (χ4n) is 3.44. The zero-order valence-electron chi connectivity index (χ0n) is 13.2. The predicted octanol–water partition coefficient (Wildman–Crippen LogP) is 2.41. The van der Waals surface area contributed by atoms with Gasteiger partial charge in [-0.2, -0.15) is 0 Å². The molecule has 6 heteroatoms. The van der Waals surface area contributed by atoms with Crippen molar-refractivity contribution in [2.75, 3.05) is 32.5 Å². The predicted molar refractivity (Wildman–Crippen MR) is 91.5 cm³/mol. The van der Waals surface area contributed by atoms with Crippen LogP contribution in [0.2, 0.25) is 0 Å². The van der Waals surface area contributed by atoms with Crippen molar-refractivity contribution >= 4 is 27.8 Å². The van der Waals surface area contributed by atoms with E-state index < -0.39 is 0 Å². The van der Waals surface area contributed by atoms with Gasteiger partial charge in [-0.15, -0.1) is 0 Å². The van der Waals surface area contributed by atoms with E-state index in [1.807, 2.05) is 12.1 Å². The fourth-order valence-corrected chi connectivity index (χ4v) is 3.44. The van der Waals surface area contributed by atoms with Gasteiger partial charge in [-0.25, -0.2) is 9.97 Å². The first-order chi connectivity index (χ1) is 11.2. The van der Waals surface area contributed by atoms with Crippen molar-refractivity contribution in [3.8, 4) is 5.75 Å². The number of hydrogen-bond acceptors (Lipinski definition) is 5. The summed E-state index contributed by atoms with van der Waals surface area (Å²) in [7, 11) is 2.17. The normalized spacial score (nSPS) is 19.4. The van der Waals surface area contributed by atoms with E-state index in [0.29, 0.717) is 11.7 Å². The summed E-state index contributed by atoms with van der Waals surface area (Å²) < 4.78 is 6.17. The molecule has 1 fully saturated rings. The molecular formula is C17H21N5O. The van der Waals surface area contributed by atoms with E-state index in [9.17, 15) is 0 Å². The highest BCUT2D eigenvalue weighted by Crippen LogP contribution is 2.32. The number of nitrogens with two attached hydrogens (primary N) is 1. The molecule has 1 aliphatic rings. The minimum absolute atomic E-state index is 0.502. The Bertz CT molecular complexity index is 843. The van der Waals surface area contributed by atoms with Gasteiger partial charge in [-0.1, -0.05) is 0 Å². The van der Waals surface area contributed by atoms with E-state index in [0.717, 1.165) is 40.8 Å². The maximum atomic E-state index is 6.17. The summed E-state index contributed by atoms with van der Waals surface area (Å²) in [6.07, 6.45) is 5.98. The number of rotatable bonds is 3. The molecule has 0 aliphatic carbocycles. The number of nitrogens with one attached hydrogen (secondary N) is 1. The molecule has 0 aromatic carbocycles. The summed E-state index contributed by atoms with van der Waals surface area (Å²) in [6, 6.07) is 3.80. The Morgan fingerprint density at radius 1 is 1.43 bits per heavy atom. The van der Waals surface area contributed by atoms with Crippen molar-refractivity contribution in [2.45, 2.75) is 12.8 Å². The number of anilines is 1. The Kier molecular flexibility index (Phi) is 3.53. The van der Waals surface area contributed by atoms with E-state index in [1.165, 1.54) is 19.4 Å². The first kappa shape index (κ1) is 14.3. The number of ether oxygens (including phenoxy) is 1. The number of aromatic amines is 1. The van der Waals surface area contributed by atoms with Gasteiger partial charge >= 0.3 is 0 Å². The molecule has 1 saturated heterocycles. The number of hydrogen-bond donors (Lipinski definition) is 2. The topological polar surface area (TPSA) is 80.1 Å². The number of H-pyrrole nitrogens is 1. The molecule has 0 saturated carbocycles. The first-order valence-electron chi connectivity index (χ1n) is 8.04. The van der Waals surface area contributed by atoms with Crippen molar-refractivity contribution in [2.24, 2.45) is 5.92 Å². The van der Waals surface area contributed by atoms with Crippen LogP contribution in [0.5, 0.6) is 5.75 Å². The smallest absolute Gasteiger partial charge is 0.142 e. The minimum Gasteiger partial charge on any atom is -0.492 e. The number of nitrogen functional groups attached to an aromatic ring is 1. The van der Waals surface area contributed by atoms with Crippen LogP contribution >= 0.6 is 0 Å². The molecule has 23 heavy (non-hydrogen) atoms. The highest BCUT2D eigenvalue weighted by atomic mass is 16.5. The zero-order valence-corrected chi connectivity index (χ0v) is 13.2. The van der Waals surface area contributed by atoms with E-state index in [2.05, 4.69) is 26.9 Å². The van der Waals surface area contributed by atoms with Gasteiger partial charge in [0.05, 0.1) is 23.7 Å². The van der Waals surface area contributed by atoms with Crippen LogP contribution in [-0.4, -0.2) is 46.6 Å². The molecule has 0 amide bonds. The van der Waals surface area contributed by atoms with Crippen molar-refractivity contribution < 1.29 is 4.74 Å². The van der Waals surface area contributed by atoms with Gasteiger partial charge in [-0.3, -0.25) is 0 Å². The third-order valence-electron chi connectivity index (χ3n) is 4.56. The maximum absolute atomic E-state index is 6.17.